The molecule has 0 nitrogen and oxygen atoms in total. The van der Waals surface area contributed by atoms with Gasteiger partial charge < -0.3 is 0 Å². The Balaban J connectivity index is 2.89. The van der Waals surface area contributed by atoms with Crippen LogP contribution >= 0.6 is 15.9 Å². The van der Waals surface area contributed by atoms with Gasteiger partial charge in [-0.3, -0.25) is 0 Å². The SMILES string of the molecule is CCCCCCC=CCCBr. The zero-order chi connectivity index (χ0) is 8.36. The Kier molecular flexibility index (Phi) is 10.4. The van der Waals surface area contributed by atoms with Crippen LogP contribution in [0.5, 0.6) is 0 Å². The van der Waals surface area contributed by atoms with Crippen molar-refractivity contribution in [3.05, 3.63) is 12.2 Å². The summed E-state index contributed by atoms with van der Waals surface area (Å²) in [5.74, 6) is 0. The Hall–Kier alpha value is 0.220. The maximum Gasteiger partial charge on any atom is 0.00659 e. The molecule has 0 atom stereocenters. The average Bonchev–Trinajstić information content (AvgIpc) is 2.03. The van der Waals surface area contributed by atoms with Crippen LogP contribution in [0.1, 0.15) is 45.4 Å². The van der Waals surface area contributed by atoms with E-state index in [1.165, 1.54) is 38.5 Å². The lowest BCUT2D eigenvalue weighted by Gasteiger charge is -1.93. The summed E-state index contributed by atoms with van der Waals surface area (Å²) in [7, 11) is 0. The van der Waals surface area contributed by atoms with Gasteiger partial charge in [0.1, 0.15) is 0 Å². The number of unbranched alkanes of at least 4 members (excludes halogenated alkanes) is 4. The van der Waals surface area contributed by atoms with Crippen molar-refractivity contribution in [3.8, 4) is 0 Å². The number of alkyl halides is 1. The van der Waals surface area contributed by atoms with Gasteiger partial charge in [0.25, 0.3) is 0 Å². The maximum atomic E-state index is 3.39. The minimum absolute atomic E-state index is 1.10. The summed E-state index contributed by atoms with van der Waals surface area (Å²) in [5.41, 5.74) is 0. The van der Waals surface area contributed by atoms with E-state index in [1.807, 2.05) is 0 Å². The van der Waals surface area contributed by atoms with E-state index in [2.05, 4.69) is 35.0 Å². The molecule has 0 saturated carbocycles. The highest BCUT2D eigenvalue weighted by atomic mass is 79.9. The van der Waals surface area contributed by atoms with Gasteiger partial charge in [-0.15, -0.1) is 0 Å². The number of allylic oxidation sites excluding steroid dienone is 2. The third-order valence-corrected chi connectivity index (χ3v) is 2.12. The van der Waals surface area contributed by atoms with Crippen molar-refractivity contribution in [1.82, 2.24) is 0 Å². The van der Waals surface area contributed by atoms with Crippen LogP contribution in [-0.2, 0) is 0 Å². The molecule has 66 valence electrons. The van der Waals surface area contributed by atoms with Gasteiger partial charge in [0, 0.05) is 5.33 Å². The Morgan fingerprint density at radius 1 is 1.00 bits per heavy atom. The molecule has 0 heterocycles. The van der Waals surface area contributed by atoms with Crippen molar-refractivity contribution in [2.45, 2.75) is 45.4 Å². The molecule has 0 amide bonds. The highest BCUT2D eigenvalue weighted by Crippen LogP contribution is 2.03. The van der Waals surface area contributed by atoms with E-state index in [0.29, 0.717) is 0 Å². The second kappa shape index (κ2) is 10.2. The molecule has 0 bridgehead atoms. The minimum atomic E-state index is 1.10. The summed E-state index contributed by atoms with van der Waals surface area (Å²) in [5, 5.41) is 1.10. The molecule has 0 aromatic heterocycles. The zero-order valence-electron chi connectivity index (χ0n) is 7.48. The first kappa shape index (κ1) is 11.2. The Labute approximate surface area is 79.2 Å². The van der Waals surface area contributed by atoms with E-state index in [0.717, 1.165) is 5.33 Å². The lowest BCUT2D eigenvalue weighted by Crippen LogP contribution is -1.74. The highest BCUT2D eigenvalue weighted by molar-refractivity contribution is 9.09. The van der Waals surface area contributed by atoms with E-state index in [1.54, 1.807) is 0 Å². The molecule has 0 aliphatic carbocycles. The molecule has 0 fully saturated rings. The molecular formula is C10H19Br. The first-order chi connectivity index (χ1) is 5.41. The molecule has 0 saturated heterocycles. The third kappa shape index (κ3) is 10.2. The predicted octanol–water partition coefficient (Wildman–Crippen LogP) is 4.30. The number of hydrogen-bond acceptors (Lipinski definition) is 0. The summed E-state index contributed by atoms with van der Waals surface area (Å²) < 4.78 is 0. The molecule has 0 unspecified atom stereocenters. The first-order valence-corrected chi connectivity index (χ1v) is 5.75. The van der Waals surface area contributed by atoms with Crippen LogP contribution in [0.15, 0.2) is 12.2 Å². The largest absolute Gasteiger partial charge is 0.0925 e. The molecule has 0 spiro atoms. The predicted molar refractivity (Wildman–Crippen MR) is 56.3 cm³/mol. The molecule has 11 heavy (non-hydrogen) atoms. The normalized spacial score (nSPS) is 11.1. The van der Waals surface area contributed by atoms with E-state index < -0.39 is 0 Å². The maximum absolute atomic E-state index is 3.39. The summed E-state index contributed by atoms with van der Waals surface area (Å²) in [6, 6.07) is 0. The Bertz CT molecular complexity index is 86.9. The summed E-state index contributed by atoms with van der Waals surface area (Å²) in [6.07, 6.45) is 12.5. The average molecular weight is 219 g/mol. The second-order valence-electron chi connectivity index (χ2n) is 2.80. The first-order valence-electron chi connectivity index (χ1n) is 4.62. The van der Waals surface area contributed by atoms with E-state index in [9.17, 15) is 0 Å². The van der Waals surface area contributed by atoms with Crippen LogP contribution in [-0.4, -0.2) is 5.33 Å². The smallest absolute Gasteiger partial charge is 0.00659 e. The fraction of sp³-hybridized carbons (Fsp3) is 0.800. The summed E-state index contributed by atoms with van der Waals surface area (Å²) in [4.78, 5) is 0. The Morgan fingerprint density at radius 2 is 1.73 bits per heavy atom. The van der Waals surface area contributed by atoms with Gasteiger partial charge >= 0.3 is 0 Å². The van der Waals surface area contributed by atoms with Crippen molar-refractivity contribution >= 4 is 15.9 Å². The lowest BCUT2D eigenvalue weighted by atomic mass is 10.1. The summed E-state index contributed by atoms with van der Waals surface area (Å²) in [6.45, 7) is 2.25. The number of halogens is 1. The van der Waals surface area contributed by atoms with Crippen molar-refractivity contribution in [1.29, 1.82) is 0 Å². The standard InChI is InChI=1S/C10H19Br/c1-2-3-4-5-6-7-8-9-10-11/h7-8H,2-6,9-10H2,1H3. The van der Waals surface area contributed by atoms with Crippen LogP contribution in [0.2, 0.25) is 0 Å². The van der Waals surface area contributed by atoms with Crippen LogP contribution < -0.4 is 0 Å². The van der Waals surface area contributed by atoms with E-state index in [-0.39, 0.29) is 0 Å². The number of hydrogen-bond donors (Lipinski definition) is 0. The topological polar surface area (TPSA) is 0 Å². The highest BCUT2D eigenvalue weighted by Gasteiger charge is 1.83. The van der Waals surface area contributed by atoms with Crippen molar-refractivity contribution in [2.75, 3.05) is 5.33 Å². The minimum Gasteiger partial charge on any atom is -0.0925 e. The van der Waals surface area contributed by atoms with Gasteiger partial charge in [-0.25, -0.2) is 0 Å². The quantitative estimate of drug-likeness (QED) is 0.340. The van der Waals surface area contributed by atoms with E-state index >= 15 is 0 Å². The molecule has 0 aromatic rings. The molecule has 0 aliphatic rings. The van der Waals surface area contributed by atoms with Crippen LogP contribution in [0.4, 0.5) is 0 Å². The lowest BCUT2D eigenvalue weighted by molar-refractivity contribution is 0.674. The molecule has 0 rings (SSSR count). The molecule has 0 N–H and O–H groups in total. The van der Waals surface area contributed by atoms with Gasteiger partial charge in [0.2, 0.25) is 0 Å². The van der Waals surface area contributed by atoms with Crippen LogP contribution in [0.25, 0.3) is 0 Å². The van der Waals surface area contributed by atoms with Crippen molar-refractivity contribution in [3.63, 3.8) is 0 Å². The fourth-order valence-corrected chi connectivity index (χ4v) is 1.25. The molecule has 0 aromatic carbocycles. The van der Waals surface area contributed by atoms with Gasteiger partial charge in [-0.05, 0) is 19.3 Å². The van der Waals surface area contributed by atoms with Gasteiger partial charge in [-0.1, -0.05) is 54.3 Å². The monoisotopic (exact) mass is 218 g/mol. The van der Waals surface area contributed by atoms with Crippen molar-refractivity contribution in [2.24, 2.45) is 0 Å². The molecule has 0 radical (unpaired) electrons. The van der Waals surface area contributed by atoms with Gasteiger partial charge in [0.05, 0.1) is 0 Å². The van der Waals surface area contributed by atoms with Crippen LogP contribution in [0, 0.1) is 0 Å². The summed E-state index contributed by atoms with van der Waals surface area (Å²) >= 11 is 3.39. The molecule has 0 aliphatic heterocycles. The van der Waals surface area contributed by atoms with Gasteiger partial charge in [-0.2, -0.15) is 0 Å². The van der Waals surface area contributed by atoms with E-state index in [4.69, 9.17) is 0 Å². The molecular weight excluding hydrogens is 200 g/mol. The third-order valence-electron chi connectivity index (χ3n) is 1.67. The number of rotatable bonds is 7. The zero-order valence-corrected chi connectivity index (χ0v) is 9.07. The van der Waals surface area contributed by atoms with Crippen molar-refractivity contribution < 1.29 is 0 Å². The van der Waals surface area contributed by atoms with Crippen LogP contribution in [0.3, 0.4) is 0 Å². The second-order valence-corrected chi connectivity index (χ2v) is 3.59. The molecule has 1 heteroatoms. The Morgan fingerprint density at radius 3 is 2.36 bits per heavy atom. The fourth-order valence-electron chi connectivity index (χ4n) is 0.988. The van der Waals surface area contributed by atoms with Gasteiger partial charge in [0.15, 0.2) is 0 Å².